The Morgan fingerprint density at radius 2 is 1.68 bits per heavy atom. The Morgan fingerprint density at radius 1 is 0.955 bits per heavy atom. The van der Waals surface area contributed by atoms with E-state index in [1.807, 2.05) is 91.0 Å². The molecule has 2 atom stereocenters. The van der Waals surface area contributed by atoms with Crippen LogP contribution in [0.15, 0.2) is 107 Å². The normalized spacial score (nSPS) is 17.4. The van der Waals surface area contributed by atoms with Crippen LogP contribution >= 0.6 is 15.9 Å². The third kappa shape index (κ3) is 7.06. The third-order valence-corrected chi connectivity index (χ3v) is 7.98. The number of carbonyl (C=O) groups is 1. The fraction of sp³-hybridized carbons (Fsp3) is 0.257. The van der Waals surface area contributed by atoms with Gasteiger partial charge in [-0.2, -0.15) is 0 Å². The molecule has 1 aliphatic heterocycles. The third-order valence-electron chi connectivity index (χ3n) is 7.45. The summed E-state index contributed by atoms with van der Waals surface area (Å²) < 4.78 is 24.1. The fourth-order valence-corrected chi connectivity index (χ4v) is 5.42. The van der Waals surface area contributed by atoms with Crippen LogP contribution in [-0.4, -0.2) is 49.9 Å². The Hall–Kier alpha value is -4.34. The van der Waals surface area contributed by atoms with Gasteiger partial charge in [-0.1, -0.05) is 58.4 Å². The van der Waals surface area contributed by atoms with E-state index >= 15 is 0 Å². The average Bonchev–Trinajstić information content (AvgIpc) is 3.45. The van der Waals surface area contributed by atoms with E-state index in [9.17, 15) is 4.79 Å². The van der Waals surface area contributed by atoms with Gasteiger partial charge in [0.05, 0.1) is 20.8 Å². The van der Waals surface area contributed by atoms with Crippen molar-refractivity contribution in [2.75, 3.05) is 27.4 Å². The molecule has 0 aromatic heterocycles. The van der Waals surface area contributed by atoms with Crippen LogP contribution in [0.3, 0.4) is 0 Å². The van der Waals surface area contributed by atoms with Crippen molar-refractivity contribution in [3.05, 3.63) is 124 Å². The van der Waals surface area contributed by atoms with E-state index in [4.69, 9.17) is 29.0 Å². The number of ether oxygens (including phenoxy) is 4. The topological polar surface area (TPSA) is 98.6 Å². The van der Waals surface area contributed by atoms with Gasteiger partial charge in [-0.3, -0.25) is 4.79 Å². The standard InChI is InChI=1S/C35H35BrN2O6/c1-41-30-18-13-27(31(21-30)42-2)23-37-34(40)35(22-24-7-4-3-5-8-24)32(25-9-14-28(36)15-10-25)44-33(38-35)26-11-16-29(17-12-26)43-20-6-19-39/h3-5,7-18,21,32,39H,6,19-20,22-23H2,1-2H3,(H,37,40)/t32-,35-/m1/s1. The van der Waals surface area contributed by atoms with Crippen molar-refractivity contribution in [3.8, 4) is 17.2 Å². The van der Waals surface area contributed by atoms with Gasteiger partial charge in [0.25, 0.3) is 5.91 Å². The number of hydrogen-bond donors (Lipinski definition) is 2. The molecule has 8 nitrogen and oxygen atoms in total. The number of rotatable bonds is 13. The van der Waals surface area contributed by atoms with Crippen molar-refractivity contribution in [3.63, 3.8) is 0 Å². The van der Waals surface area contributed by atoms with Gasteiger partial charge < -0.3 is 29.4 Å². The predicted molar refractivity (Wildman–Crippen MR) is 172 cm³/mol. The number of halogens is 1. The number of hydrogen-bond acceptors (Lipinski definition) is 7. The number of nitrogens with zero attached hydrogens (tertiary/aromatic N) is 1. The molecule has 1 amide bonds. The second-order valence-electron chi connectivity index (χ2n) is 10.4. The molecule has 2 N–H and O–H groups in total. The first-order valence-electron chi connectivity index (χ1n) is 14.3. The van der Waals surface area contributed by atoms with Crippen LogP contribution in [0.1, 0.15) is 34.8 Å². The van der Waals surface area contributed by atoms with Crippen LogP contribution in [0.5, 0.6) is 17.2 Å². The number of amides is 1. The predicted octanol–water partition coefficient (Wildman–Crippen LogP) is 6.04. The van der Waals surface area contributed by atoms with Crippen LogP contribution in [0.4, 0.5) is 0 Å². The van der Waals surface area contributed by atoms with E-state index < -0.39 is 11.6 Å². The summed E-state index contributed by atoms with van der Waals surface area (Å²) in [5.74, 6) is 2.04. The molecule has 0 spiro atoms. The van der Waals surface area contributed by atoms with Crippen molar-refractivity contribution >= 4 is 27.7 Å². The molecule has 0 saturated carbocycles. The van der Waals surface area contributed by atoms with Crippen molar-refractivity contribution in [2.24, 2.45) is 4.99 Å². The van der Waals surface area contributed by atoms with Gasteiger partial charge in [0.1, 0.15) is 17.2 Å². The Balaban J connectivity index is 1.54. The van der Waals surface area contributed by atoms with Crippen molar-refractivity contribution < 1.29 is 28.8 Å². The molecule has 228 valence electrons. The number of aliphatic hydroxyl groups is 1. The largest absolute Gasteiger partial charge is 0.497 e. The lowest BCUT2D eigenvalue weighted by atomic mass is 9.82. The van der Waals surface area contributed by atoms with Crippen LogP contribution in [0, 0.1) is 0 Å². The van der Waals surface area contributed by atoms with Gasteiger partial charge in [0.2, 0.25) is 5.90 Å². The first-order chi connectivity index (χ1) is 21.5. The molecule has 0 saturated heterocycles. The van der Waals surface area contributed by atoms with Crippen LogP contribution < -0.4 is 19.5 Å². The van der Waals surface area contributed by atoms with E-state index in [2.05, 4.69) is 21.2 Å². The number of nitrogens with one attached hydrogen (secondary N) is 1. The molecular formula is C35H35BrN2O6. The first-order valence-corrected chi connectivity index (χ1v) is 15.1. The minimum atomic E-state index is -1.32. The smallest absolute Gasteiger partial charge is 0.252 e. The molecule has 0 fully saturated rings. The lowest BCUT2D eigenvalue weighted by Gasteiger charge is -2.31. The zero-order chi connectivity index (χ0) is 30.9. The molecule has 0 aliphatic carbocycles. The Bertz CT molecular complexity index is 1580. The van der Waals surface area contributed by atoms with E-state index in [1.54, 1.807) is 20.3 Å². The van der Waals surface area contributed by atoms with Gasteiger partial charge in [0.15, 0.2) is 11.6 Å². The maximum atomic E-state index is 14.5. The number of aliphatic imine (C=N–C) groups is 1. The molecule has 5 rings (SSSR count). The molecule has 4 aromatic carbocycles. The highest BCUT2D eigenvalue weighted by molar-refractivity contribution is 9.10. The molecule has 0 unspecified atom stereocenters. The number of carbonyl (C=O) groups excluding carboxylic acids is 1. The van der Waals surface area contributed by atoms with E-state index in [0.29, 0.717) is 42.6 Å². The maximum Gasteiger partial charge on any atom is 0.252 e. The lowest BCUT2D eigenvalue weighted by molar-refractivity contribution is -0.129. The van der Waals surface area contributed by atoms with Gasteiger partial charge in [-0.15, -0.1) is 0 Å². The van der Waals surface area contributed by atoms with Crippen LogP contribution in [0.25, 0.3) is 0 Å². The summed E-state index contributed by atoms with van der Waals surface area (Å²) >= 11 is 3.52. The van der Waals surface area contributed by atoms with Gasteiger partial charge in [-0.05, 0) is 59.7 Å². The minimum Gasteiger partial charge on any atom is -0.497 e. The minimum absolute atomic E-state index is 0.0665. The Kier molecular flexibility index (Phi) is 10.2. The second-order valence-corrected chi connectivity index (χ2v) is 11.3. The van der Waals surface area contributed by atoms with E-state index in [0.717, 1.165) is 26.7 Å². The Labute approximate surface area is 265 Å². The van der Waals surface area contributed by atoms with Gasteiger partial charge >= 0.3 is 0 Å². The summed E-state index contributed by atoms with van der Waals surface area (Å²) in [6, 6.07) is 30.5. The summed E-state index contributed by atoms with van der Waals surface area (Å²) in [6.45, 7) is 0.704. The highest BCUT2D eigenvalue weighted by Gasteiger charge is 2.53. The van der Waals surface area contributed by atoms with Crippen LogP contribution in [0.2, 0.25) is 0 Å². The quantitative estimate of drug-likeness (QED) is 0.170. The van der Waals surface area contributed by atoms with Crippen molar-refractivity contribution in [1.29, 1.82) is 0 Å². The van der Waals surface area contributed by atoms with Crippen molar-refractivity contribution in [1.82, 2.24) is 5.32 Å². The van der Waals surface area contributed by atoms with Gasteiger partial charge in [0, 0.05) is 47.7 Å². The number of benzene rings is 4. The molecular weight excluding hydrogens is 624 g/mol. The first kappa shape index (κ1) is 31.1. The SMILES string of the molecule is COc1ccc(CNC(=O)[C@]2(Cc3ccccc3)N=C(c3ccc(OCCCO)cc3)O[C@@H]2c2ccc(Br)cc2)c(OC)c1. The summed E-state index contributed by atoms with van der Waals surface area (Å²) in [5, 5.41) is 12.2. The summed E-state index contributed by atoms with van der Waals surface area (Å²) in [5.41, 5.74) is 1.98. The summed E-state index contributed by atoms with van der Waals surface area (Å²) in [4.78, 5) is 19.6. The summed E-state index contributed by atoms with van der Waals surface area (Å²) in [6.07, 6.45) is 0.155. The zero-order valence-electron chi connectivity index (χ0n) is 24.7. The molecule has 9 heteroatoms. The van der Waals surface area contributed by atoms with E-state index in [1.165, 1.54) is 0 Å². The molecule has 1 heterocycles. The molecule has 1 aliphatic rings. The molecule has 0 radical (unpaired) electrons. The average molecular weight is 660 g/mol. The Morgan fingerprint density at radius 3 is 2.36 bits per heavy atom. The molecule has 4 aromatic rings. The number of methoxy groups -OCH3 is 2. The lowest BCUT2D eigenvalue weighted by Crippen LogP contribution is -2.49. The fourth-order valence-electron chi connectivity index (χ4n) is 5.15. The highest BCUT2D eigenvalue weighted by atomic mass is 79.9. The van der Waals surface area contributed by atoms with E-state index in [-0.39, 0.29) is 19.1 Å². The maximum absolute atomic E-state index is 14.5. The van der Waals surface area contributed by atoms with Gasteiger partial charge in [-0.25, -0.2) is 4.99 Å². The zero-order valence-corrected chi connectivity index (χ0v) is 26.3. The van der Waals surface area contributed by atoms with Crippen LogP contribution in [-0.2, 0) is 22.5 Å². The number of aliphatic hydroxyl groups excluding tert-OH is 1. The van der Waals surface area contributed by atoms with Crippen molar-refractivity contribution in [2.45, 2.75) is 31.0 Å². The second kappa shape index (κ2) is 14.4. The summed E-state index contributed by atoms with van der Waals surface area (Å²) in [7, 11) is 3.18. The molecule has 44 heavy (non-hydrogen) atoms. The monoisotopic (exact) mass is 658 g/mol. The highest BCUT2D eigenvalue weighted by Crippen LogP contribution is 2.43. The molecule has 0 bridgehead atoms.